The minimum atomic E-state index is -4.64. The zero-order chi connectivity index (χ0) is 8.78. The summed E-state index contributed by atoms with van der Waals surface area (Å²) < 4.78 is 8.88. The van der Waals surface area contributed by atoms with Crippen LogP contribution in [0.2, 0.25) is 0 Å². The second kappa shape index (κ2) is 7.71. The fourth-order valence-electron chi connectivity index (χ4n) is 0. The van der Waals surface area contributed by atoms with E-state index in [4.69, 9.17) is 24.4 Å². The van der Waals surface area contributed by atoms with Crippen LogP contribution in [0.4, 0.5) is 0 Å². The molecule has 0 heterocycles. The van der Waals surface area contributed by atoms with Gasteiger partial charge in [-0.15, -0.1) is 12.4 Å². The largest absolute Gasteiger partial charge is 0.478 e. The molecule has 68 valence electrons. The van der Waals surface area contributed by atoms with Crippen molar-refractivity contribution in [3.05, 3.63) is 12.7 Å². The van der Waals surface area contributed by atoms with Crippen molar-refractivity contribution in [2.75, 3.05) is 0 Å². The van der Waals surface area contributed by atoms with Gasteiger partial charge in [-0.1, -0.05) is 6.58 Å². The predicted molar refractivity (Wildman–Crippen MR) is 39.3 cm³/mol. The SMILES string of the molecule is C=CC(=O)O.Cl.O=P(O)(O)O. The molecule has 0 radical (unpaired) electrons. The third-order valence-corrected chi connectivity index (χ3v) is 0.175. The fraction of sp³-hybridized carbons (Fsp3) is 0. The third-order valence-electron chi connectivity index (χ3n) is 0.175. The van der Waals surface area contributed by atoms with Crippen molar-refractivity contribution in [1.82, 2.24) is 0 Å². The Hall–Kier alpha value is -0.390. The molecular weight excluding hydrogens is 198 g/mol. The molecular formula is C3H8ClO6P. The summed E-state index contributed by atoms with van der Waals surface area (Å²) in [5, 5.41) is 7.60. The summed E-state index contributed by atoms with van der Waals surface area (Å²) >= 11 is 0. The van der Waals surface area contributed by atoms with Crippen LogP contribution in [0.1, 0.15) is 0 Å². The van der Waals surface area contributed by atoms with Gasteiger partial charge in [0, 0.05) is 6.08 Å². The molecule has 0 aliphatic heterocycles. The lowest BCUT2D eigenvalue weighted by Gasteiger charge is -1.82. The number of halogens is 1. The Morgan fingerprint density at radius 3 is 1.45 bits per heavy atom. The summed E-state index contributed by atoms with van der Waals surface area (Å²) in [4.78, 5) is 30.8. The highest BCUT2D eigenvalue weighted by atomic mass is 35.5. The van der Waals surface area contributed by atoms with Crippen LogP contribution in [-0.4, -0.2) is 25.8 Å². The molecule has 4 N–H and O–H groups in total. The summed E-state index contributed by atoms with van der Waals surface area (Å²) in [7, 11) is -4.64. The van der Waals surface area contributed by atoms with E-state index in [1.54, 1.807) is 0 Å². The van der Waals surface area contributed by atoms with Crippen LogP contribution >= 0.6 is 20.2 Å². The number of carboxylic acids is 1. The number of hydrogen-bond acceptors (Lipinski definition) is 2. The van der Waals surface area contributed by atoms with Crippen LogP contribution in [0, 0.1) is 0 Å². The van der Waals surface area contributed by atoms with Gasteiger partial charge in [-0.25, -0.2) is 9.36 Å². The lowest BCUT2D eigenvalue weighted by molar-refractivity contribution is -0.131. The minimum Gasteiger partial charge on any atom is -0.478 e. The van der Waals surface area contributed by atoms with E-state index in [2.05, 4.69) is 6.58 Å². The summed E-state index contributed by atoms with van der Waals surface area (Å²) in [6.07, 6.45) is 0.833. The van der Waals surface area contributed by atoms with Gasteiger partial charge in [0.25, 0.3) is 0 Å². The smallest absolute Gasteiger partial charge is 0.466 e. The first-order valence-electron chi connectivity index (χ1n) is 1.91. The first-order chi connectivity index (χ1) is 4.27. The first kappa shape index (κ1) is 16.9. The zero-order valence-electron chi connectivity index (χ0n) is 5.25. The molecule has 11 heavy (non-hydrogen) atoms. The minimum absolute atomic E-state index is 0. The average Bonchev–Trinajstić information content (AvgIpc) is 1.61. The number of carbonyl (C=O) groups is 1. The molecule has 0 aromatic heterocycles. The van der Waals surface area contributed by atoms with E-state index in [1.165, 1.54) is 0 Å². The van der Waals surface area contributed by atoms with Gasteiger partial charge in [0.1, 0.15) is 0 Å². The van der Waals surface area contributed by atoms with E-state index in [0.717, 1.165) is 6.08 Å². The van der Waals surface area contributed by atoms with Crippen molar-refractivity contribution in [3.63, 3.8) is 0 Å². The van der Waals surface area contributed by atoms with Gasteiger partial charge in [-0.05, 0) is 0 Å². The highest BCUT2D eigenvalue weighted by molar-refractivity contribution is 7.45. The van der Waals surface area contributed by atoms with Gasteiger partial charge in [0.15, 0.2) is 0 Å². The van der Waals surface area contributed by atoms with Gasteiger partial charge in [0.2, 0.25) is 0 Å². The van der Waals surface area contributed by atoms with Crippen LogP contribution in [0.15, 0.2) is 12.7 Å². The molecule has 0 atom stereocenters. The molecule has 0 aromatic carbocycles. The number of aliphatic carboxylic acids is 1. The molecule has 6 nitrogen and oxygen atoms in total. The molecule has 0 fully saturated rings. The second-order valence-corrected chi connectivity index (χ2v) is 2.08. The molecule has 0 rings (SSSR count). The van der Waals surface area contributed by atoms with E-state index < -0.39 is 13.8 Å². The summed E-state index contributed by atoms with van der Waals surface area (Å²) in [6, 6.07) is 0. The normalized spacial score (nSPS) is 8.27. The van der Waals surface area contributed by atoms with Gasteiger partial charge in [-0.3, -0.25) is 0 Å². The molecule has 8 heteroatoms. The molecule has 0 unspecified atom stereocenters. The van der Waals surface area contributed by atoms with Gasteiger partial charge in [0.05, 0.1) is 0 Å². The maximum absolute atomic E-state index is 9.25. The van der Waals surface area contributed by atoms with E-state index in [1.807, 2.05) is 0 Å². The molecule has 0 amide bonds. The lowest BCUT2D eigenvalue weighted by atomic mass is 10.7. The van der Waals surface area contributed by atoms with Crippen LogP contribution < -0.4 is 0 Å². The summed E-state index contributed by atoms with van der Waals surface area (Å²) in [5.74, 6) is -0.981. The first-order valence-corrected chi connectivity index (χ1v) is 3.47. The Kier molecular flexibility index (Phi) is 11.9. The van der Waals surface area contributed by atoms with Gasteiger partial charge >= 0.3 is 13.8 Å². The Morgan fingerprint density at radius 2 is 1.45 bits per heavy atom. The third kappa shape index (κ3) is 215. The maximum Gasteiger partial charge on any atom is 0.466 e. The monoisotopic (exact) mass is 206 g/mol. The van der Waals surface area contributed by atoms with Crippen molar-refractivity contribution >= 4 is 26.2 Å². The van der Waals surface area contributed by atoms with Crippen LogP contribution in [-0.2, 0) is 9.36 Å². The molecule has 0 aromatic rings. The van der Waals surface area contributed by atoms with Gasteiger partial charge in [-0.2, -0.15) is 0 Å². The Labute approximate surface area is 68.8 Å². The highest BCUT2D eigenvalue weighted by Crippen LogP contribution is 2.25. The van der Waals surface area contributed by atoms with E-state index >= 15 is 0 Å². The van der Waals surface area contributed by atoms with E-state index in [0.29, 0.717) is 0 Å². The molecule has 0 spiro atoms. The maximum atomic E-state index is 9.25. The quantitative estimate of drug-likeness (QED) is 0.347. The van der Waals surface area contributed by atoms with Crippen molar-refractivity contribution in [1.29, 1.82) is 0 Å². The molecule has 0 bridgehead atoms. The Balaban J connectivity index is -0.000000107. The van der Waals surface area contributed by atoms with Crippen LogP contribution in [0.25, 0.3) is 0 Å². The number of carboxylic acid groups (broad SMARTS) is 1. The van der Waals surface area contributed by atoms with Crippen LogP contribution in [0.5, 0.6) is 0 Å². The molecule has 0 saturated heterocycles. The van der Waals surface area contributed by atoms with E-state index in [9.17, 15) is 4.79 Å². The summed E-state index contributed by atoms with van der Waals surface area (Å²) in [6.45, 7) is 2.96. The molecule has 0 aliphatic carbocycles. The van der Waals surface area contributed by atoms with Crippen LogP contribution in [0.3, 0.4) is 0 Å². The van der Waals surface area contributed by atoms with Crippen molar-refractivity contribution < 1.29 is 29.1 Å². The van der Waals surface area contributed by atoms with E-state index in [-0.39, 0.29) is 12.4 Å². The number of rotatable bonds is 1. The standard InChI is InChI=1S/C3H4O2.ClH.H3O4P/c1-2-3(4)5;;1-5(2,3)4/h2H,1H2,(H,4,5);1H;(H3,1,2,3,4). The highest BCUT2D eigenvalue weighted by Gasteiger charge is 2.00. The number of hydrogen-bond donors (Lipinski definition) is 4. The second-order valence-electron chi connectivity index (χ2n) is 1.06. The predicted octanol–water partition coefficient (Wildman–Crippen LogP) is -0.250. The van der Waals surface area contributed by atoms with Crippen molar-refractivity contribution in [2.45, 2.75) is 0 Å². The topological polar surface area (TPSA) is 115 Å². The van der Waals surface area contributed by atoms with Gasteiger partial charge < -0.3 is 19.8 Å². The molecule has 0 aliphatic rings. The lowest BCUT2D eigenvalue weighted by Crippen LogP contribution is -1.82. The summed E-state index contributed by atoms with van der Waals surface area (Å²) in [5.41, 5.74) is 0. The average molecular weight is 207 g/mol. The van der Waals surface area contributed by atoms with Crippen molar-refractivity contribution in [3.8, 4) is 0 Å². The van der Waals surface area contributed by atoms with Crippen molar-refractivity contribution in [2.24, 2.45) is 0 Å². The Bertz CT molecular complexity index is 153. The molecule has 0 saturated carbocycles. The number of phosphoric acid groups is 1. The Morgan fingerprint density at radius 1 is 1.36 bits per heavy atom. The zero-order valence-corrected chi connectivity index (χ0v) is 6.96. The fourth-order valence-corrected chi connectivity index (χ4v) is 0.